The number of hydrogen-bond donors (Lipinski definition) is 1. The zero-order valence-electron chi connectivity index (χ0n) is 14.3. The Labute approximate surface area is 151 Å². The van der Waals surface area contributed by atoms with Gasteiger partial charge in [-0.15, -0.1) is 0 Å². The normalized spacial score (nSPS) is 24.8. The predicted molar refractivity (Wildman–Crippen MR) is 97.0 cm³/mol. The fraction of sp³-hybridized carbons (Fsp3) is 0.350. The van der Waals surface area contributed by atoms with Crippen LogP contribution in [0.4, 0.5) is 0 Å². The summed E-state index contributed by atoms with van der Waals surface area (Å²) < 4.78 is 6.13. The molecular weight excluding hydrogens is 328 g/mol. The fourth-order valence-electron chi connectivity index (χ4n) is 4.38. The highest BCUT2D eigenvalue weighted by molar-refractivity contribution is 5.97. The first kappa shape index (κ1) is 15.4. The topological polar surface area (TPSA) is 71.1 Å². The first-order valence-electron chi connectivity index (χ1n) is 9.10. The third kappa shape index (κ3) is 2.62. The van der Waals surface area contributed by atoms with E-state index in [4.69, 9.17) is 4.74 Å². The van der Waals surface area contributed by atoms with Crippen LogP contribution < -0.4 is 4.74 Å². The van der Waals surface area contributed by atoms with Crippen LogP contribution in [-0.4, -0.2) is 43.9 Å². The molecule has 26 heavy (non-hydrogen) atoms. The minimum atomic E-state index is 0.122. The Hall–Kier alpha value is -2.89. The van der Waals surface area contributed by atoms with Crippen LogP contribution in [-0.2, 0) is 0 Å². The van der Waals surface area contributed by atoms with Gasteiger partial charge in [0.1, 0.15) is 11.9 Å². The van der Waals surface area contributed by atoms with Crippen molar-refractivity contribution in [2.75, 3.05) is 0 Å². The number of carbonyl (C=O) groups excluding carboxylic acids is 1. The Kier molecular flexibility index (Phi) is 3.62. The Morgan fingerprint density at radius 1 is 1.12 bits per heavy atom. The van der Waals surface area contributed by atoms with Crippen LogP contribution in [0.3, 0.4) is 0 Å². The number of aromatic nitrogens is 3. The number of H-pyrrole nitrogens is 1. The third-order valence-electron chi connectivity index (χ3n) is 5.54. The van der Waals surface area contributed by atoms with Crippen LogP contribution in [0.5, 0.6) is 5.75 Å². The second-order valence-corrected chi connectivity index (χ2v) is 7.13. The van der Waals surface area contributed by atoms with E-state index in [1.165, 1.54) is 0 Å². The average molecular weight is 348 g/mol. The maximum atomic E-state index is 13.1. The summed E-state index contributed by atoms with van der Waals surface area (Å²) >= 11 is 0. The first-order valence-corrected chi connectivity index (χ1v) is 9.10. The molecule has 0 radical (unpaired) electrons. The van der Waals surface area contributed by atoms with Crippen molar-refractivity contribution in [2.45, 2.75) is 43.9 Å². The highest BCUT2D eigenvalue weighted by Crippen LogP contribution is 2.38. The zero-order valence-corrected chi connectivity index (χ0v) is 14.3. The number of hydrogen-bond acceptors (Lipinski definition) is 4. The molecule has 2 bridgehead atoms. The minimum Gasteiger partial charge on any atom is -0.490 e. The second kappa shape index (κ2) is 6.12. The summed E-state index contributed by atoms with van der Waals surface area (Å²) in [5.74, 6) is 0.977. The van der Waals surface area contributed by atoms with Crippen molar-refractivity contribution >= 4 is 16.9 Å². The number of rotatable bonds is 3. The number of pyridine rings is 1. The van der Waals surface area contributed by atoms with E-state index in [1.807, 2.05) is 30.3 Å². The molecule has 0 saturated carbocycles. The summed E-state index contributed by atoms with van der Waals surface area (Å²) in [4.78, 5) is 26.6. The van der Waals surface area contributed by atoms with Crippen LogP contribution in [0, 0.1) is 0 Å². The molecule has 2 atom stereocenters. The monoisotopic (exact) mass is 348 g/mol. The van der Waals surface area contributed by atoms with E-state index in [2.05, 4.69) is 19.9 Å². The molecule has 2 aliphatic heterocycles. The zero-order chi connectivity index (χ0) is 17.5. The van der Waals surface area contributed by atoms with Crippen molar-refractivity contribution in [1.29, 1.82) is 0 Å². The predicted octanol–water partition coefficient (Wildman–Crippen LogP) is 3.17. The summed E-state index contributed by atoms with van der Waals surface area (Å²) in [6, 6.07) is 9.98. The van der Waals surface area contributed by atoms with Gasteiger partial charge in [-0.3, -0.25) is 9.78 Å². The molecule has 1 N–H and O–H groups in total. The van der Waals surface area contributed by atoms with E-state index in [0.717, 1.165) is 48.0 Å². The molecule has 0 spiro atoms. The third-order valence-corrected chi connectivity index (χ3v) is 5.54. The van der Waals surface area contributed by atoms with E-state index in [0.29, 0.717) is 0 Å². The summed E-state index contributed by atoms with van der Waals surface area (Å²) in [6.45, 7) is 0. The standard InChI is InChI=1S/C20H20N4O2/c25-20(13-1-4-18-19(9-13)23-12-22-18)24-14-2-3-15(24)11-17(10-14)26-16-5-7-21-8-6-16/h1,4-9,12,14-15,17H,2-3,10-11H2,(H,22,23). The number of imidazole rings is 1. The Morgan fingerprint density at radius 3 is 2.65 bits per heavy atom. The highest BCUT2D eigenvalue weighted by atomic mass is 16.5. The molecule has 1 aromatic carbocycles. The number of nitrogens with one attached hydrogen (secondary N) is 1. The molecule has 6 heteroatoms. The lowest BCUT2D eigenvalue weighted by Gasteiger charge is -2.39. The van der Waals surface area contributed by atoms with Gasteiger partial charge < -0.3 is 14.6 Å². The molecule has 5 rings (SSSR count). The van der Waals surface area contributed by atoms with Gasteiger partial charge in [-0.05, 0) is 43.2 Å². The molecule has 3 aromatic rings. The van der Waals surface area contributed by atoms with Gasteiger partial charge in [-0.2, -0.15) is 0 Å². The number of carbonyl (C=O) groups is 1. The Morgan fingerprint density at radius 2 is 1.88 bits per heavy atom. The number of benzene rings is 1. The SMILES string of the molecule is O=C(c1ccc2nc[nH]c2c1)N1C2CCC1CC(Oc1ccncc1)C2. The van der Waals surface area contributed by atoms with Crippen LogP contribution in [0.15, 0.2) is 49.1 Å². The van der Waals surface area contributed by atoms with E-state index in [9.17, 15) is 4.79 Å². The molecule has 2 aromatic heterocycles. The molecule has 6 nitrogen and oxygen atoms in total. The van der Waals surface area contributed by atoms with Crippen LogP contribution in [0.2, 0.25) is 0 Å². The smallest absolute Gasteiger partial charge is 0.254 e. The van der Waals surface area contributed by atoms with E-state index < -0.39 is 0 Å². The van der Waals surface area contributed by atoms with Crippen LogP contribution in [0.1, 0.15) is 36.0 Å². The molecule has 2 unspecified atom stereocenters. The number of nitrogens with zero attached hydrogens (tertiary/aromatic N) is 3. The van der Waals surface area contributed by atoms with Gasteiger partial charge in [0.2, 0.25) is 0 Å². The quantitative estimate of drug-likeness (QED) is 0.789. The van der Waals surface area contributed by atoms with Crippen molar-refractivity contribution in [3.05, 3.63) is 54.6 Å². The lowest BCUT2D eigenvalue weighted by atomic mass is 9.98. The minimum absolute atomic E-state index is 0.122. The van der Waals surface area contributed by atoms with Gasteiger partial charge in [-0.25, -0.2) is 4.98 Å². The number of fused-ring (bicyclic) bond motifs is 3. The van der Waals surface area contributed by atoms with Gasteiger partial charge in [-0.1, -0.05) is 0 Å². The lowest BCUT2D eigenvalue weighted by Crippen LogP contribution is -2.49. The molecule has 132 valence electrons. The van der Waals surface area contributed by atoms with Gasteiger partial charge in [0.15, 0.2) is 0 Å². The van der Waals surface area contributed by atoms with Crippen molar-refractivity contribution in [3.63, 3.8) is 0 Å². The van der Waals surface area contributed by atoms with Gasteiger partial charge in [0.25, 0.3) is 5.91 Å². The summed E-state index contributed by atoms with van der Waals surface area (Å²) in [6.07, 6.45) is 9.19. The summed E-state index contributed by atoms with van der Waals surface area (Å²) in [5.41, 5.74) is 2.51. The Bertz CT molecular complexity index is 925. The maximum absolute atomic E-state index is 13.1. The molecule has 2 fully saturated rings. The number of aromatic amines is 1. The van der Waals surface area contributed by atoms with Crippen molar-refractivity contribution in [3.8, 4) is 5.75 Å². The number of piperidine rings is 1. The molecule has 2 saturated heterocycles. The van der Waals surface area contributed by atoms with Crippen molar-refractivity contribution in [1.82, 2.24) is 19.9 Å². The lowest BCUT2D eigenvalue weighted by molar-refractivity contribution is 0.0359. The Balaban J connectivity index is 1.34. The number of ether oxygens (including phenoxy) is 1. The second-order valence-electron chi connectivity index (χ2n) is 7.13. The van der Waals surface area contributed by atoms with Crippen molar-refractivity contribution < 1.29 is 9.53 Å². The molecule has 1 amide bonds. The average Bonchev–Trinajstić information content (AvgIpc) is 3.24. The van der Waals surface area contributed by atoms with Gasteiger partial charge in [0.05, 0.1) is 17.4 Å². The number of amides is 1. The first-order chi connectivity index (χ1) is 12.8. The van der Waals surface area contributed by atoms with E-state index in [-0.39, 0.29) is 24.1 Å². The van der Waals surface area contributed by atoms with E-state index in [1.54, 1.807) is 18.7 Å². The van der Waals surface area contributed by atoms with Crippen LogP contribution in [0.25, 0.3) is 11.0 Å². The fourth-order valence-corrected chi connectivity index (χ4v) is 4.38. The maximum Gasteiger partial charge on any atom is 0.254 e. The van der Waals surface area contributed by atoms with Gasteiger partial charge >= 0.3 is 0 Å². The van der Waals surface area contributed by atoms with Crippen molar-refractivity contribution in [2.24, 2.45) is 0 Å². The molecule has 4 heterocycles. The summed E-state index contributed by atoms with van der Waals surface area (Å²) in [7, 11) is 0. The van der Waals surface area contributed by atoms with Crippen LogP contribution >= 0.6 is 0 Å². The molecular formula is C20H20N4O2. The highest BCUT2D eigenvalue weighted by Gasteiger charge is 2.44. The van der Waals surface area contributed by atoms with Gasteiger partial charge in [0, 0.05) is 42.9 Å². The molecule has 0 aliphatic carbocycles. The van der Waals surface area contributed by atoms with E-state index >= 15 is 0 Å². The summed E-state index contributed by atoms with van der Waals surface area (Å²) in [5, 5.41) is 0. The molecule has 2 aliphatic rings. The largest absolute Gasteiger partial charge is 0.490 e.